The van der Waals surface area contributed by atoms with Gasteiger partial charge in [0.2, 0.25) is 0 Å². The van der Waals surface area contributed by atoms with Gasteiger partial charge in [-0.3, -0.25) is 9.79 Å². The third-order valence-electron chi connectivity index (χ3n) is 4.16. The van der Waals surface area contributed by atoms with Crippen LogP contribution in [0.25, 0.3) is 0 Å². The molecule has 0 spiro atoms. The highest BCUT2D eigenvalue weighted by atomic mass is 16.5. The van der Waals surface area contributed by atoms with E-state index in [1.807, 2.05) is 24.3 Å². The Morgan fingerprint density at radius 2 is 2.09 bits per heavy atom. The Bertz CT molecular complexity index is 559. The molecule has 0 saturated carbocycles. The average molecular weight is 314 g/mol. The number of carbonyl (C=O) groups excluding carboxylic acids is 1. The van der Waals surface area contributed by atoms with E-state index in [2.05, 4.69) is 17.1 Å². The molecule has 1 fully saturated rings. The number of aliphatic imine (C=N–C) groups is 1. The monoisotopic (exact) mass is 314 g/mol. The van der Waals surface area contributed by atoms with Crippen molar-refractivity contribution in [3.63, 3.8) is 0 Å². The van der Waals surface area contributed by atoms with Gasteiger partial charge < -0.3 is 9.64 Å². The maximum Gasteiger partial charge on any atom is 0.328 e. The van der Waals surface area contributed by atoms with Crippen LogP contribution in [0.2, 0.25) is 0 Å². The van der Waals surface area contributed by atoms with Crippen molar-refractivity contribution >= 4 is 12.2 Å². The number of ether oxygens (including phenoxy) is 1. The Kier molecular flexibility index (Phi) is 6.76. The van der Waals surface area contributed by atoms with Crippen LogP contribution < -0.4 is 4.90 Å². The molecule has 122 valence electrons. The maximum atomic E-state index is 11.6. The van der Waals surface area contributed by atoms with E-state index < -0.39 is 11.9 Å². The fourth-order valence-electron chi connectivity index (χ4n) is 2.98. The molecule has 0 amide bonds. The molecule has 1 N–H and O–H groups in total. The maximum absolute atomic E-state index is 11.6. The van der Waals surface area contributed by atoms with Gasteiger partial charge in [-0.2, -0.15) is 5.26 Å². The normalized spacial score (nSPS) is 17.7. The van der Waals surface area contributed by atoms with E-state index >= 15 is 0 Å². The van der Waals surface area contributed by atoms with Crippen LogP contribution >= 0.6 is 0 Å². The first kappa shape index (κ1) is 17.2. The number of hydrogen-bond donors (Lipinski definition) is 1. The predicted molar refractivity (Wildman–Crippen MR) is 88.2 cm³/mol. The molecule has 1 aromatic rings. The van der Waals surface area contributed by atoms with Gasteiger partial charge >= 0.3 is 5.97 Å². The van der Waals surface area contributed by atoms with E-state index in [9.17, 15) is 4.79 Å². The van der Waals surface area contributed by atoms with Gasteiger partial charge in [0.1, 0.15) is 6.04 Å². The molecule has 0 radical (unpaired) electrons. The molecule has 2 atom stereocenters. The Morgan fingerprint density at radius 3 is 2.70 bits per heavy atom. The van der Waals surface area contributed by atoms with Crippen LogP contribution in [0.15, 0.2) is 35.3 Å². The van der Waals surface area contributed by atoms with E-state index in [1.165, 1.54) is 29.5 Å². The van der Waals surface area contributed by atoms with Gasteiger partial charge in [0.15, 0.2) is 5.92 Å². The summed E-state index contributed by atoms with van der Waals surface area (Å²) in [7, 11) is 0. The largest absolute Gasteiger partial charge is 0.465 e. The summed E-state index contributed by atoms with van der Waals surface area (Å²) in [5.41, 5.74) is 1.26. The van der Waals surface area contributed by atoms with Gasteiger partial charge in [-0.15, -0.1) is 0 Å². The van der Waals surface area contributed by atoms with Crippen molar-refractivity contribution in [1.29, 1.82) is 5.26 Å². The summed E-state index contributed by atoms with van der Waals surface area (Å²) in [6, 6.07) is 12.6. The van der Waals surface area contributed by atoms with Gasteiger partial charge in [-0.1, -0.05) is 30.3 Å². The fraction of sp³-hybridized carbons (Fsp3) is 0.500. The molecule has 1 saturated heterocycles. The molecule has 0 bridgehead atoms. The van der Waals surface area contributed by atoms with Crippen molar-refractivity contribution in [2.24, 2.45) is 10.9 Å². The number of nitrogens with one attached hydrogen (secondary N) is 1. The lowest BCUT2D eigenvalue weighted by molar-refractivity contribution is -0.918. The van der Waals surface area contributed by atoms with Gasteiger partial charge in [-0.05, 0) is 6.92 Å². The first-order valence-corrected chi connectivity index (χ1v) is 8.22. The summed E-state index contributed by atoms with van der Waals surface area (Å²) in [5.74, 6) is -1.44. The van der Waals surface area contributed by atoms with Crippen molar-refractivity contribution in [3.05, 3.63) is 35.9 Å². The number of hydrogen-bond acceptors (Lipinski definition) is 4. The van der Waals surface area contributed by atoms with E-state index in [-0.39, 0.29) is 12.6 Å². The summed E-state index contributed by atoms with van der Waals surface area (Å²) in [5, 5.41) is 9.07. The number of rotatable bonds is 7. The molecule has 5 nitrogen and oxygen atoms in total. The molecule has 1 heterocycles. The zero-order chi connectivity index (χ0) is 16.5. The average Bonchev–Trinajstić information content (AvgIpc) is 3.10. The molecule has 1 aromatic carbocycles. The summed E-state index contributed by atoms with van der Waals surface area (Å²) >= 11 is 0. The Balaban J connectivity index is 2.04. The highest BCUT2D eigenvalue weighted by Gasteiger charge is 2.27. The number of carbonyl (C=O) groups is 1. The van der Waals surface area contributed by atoms with Crippen molar-refractivity contribution < 1.29 is 14.4 Å². The lowest BCUT2D eigenvalue weighted by Gasteiger charge is -2.23. The van der Waals surface area contributed by atoms with Crippen molar-refractivity contribution in [2.45, 2.75) is 25.8 Å². The van der Waals surface area contributed by atoms with Crippen LogP contribution in [0.3, 0.4) is 0 Å². The summed E-state index contributed by atoms with van der Waals surface area (Å²) in [4.78, 5) is 17.6. The zero-order valence-electron chi connectivity index (χ0n) is 13.6. The van der Waals surface area contributed by atoms with Crippen LogP contribution in [0, 0.1) is 17.2 Å². The SMILES string of the molecule is CCOC(=O)[C@@H](C#N)C=NC[C@H](c1ccccc1)[NH+]1CCCC1. The summed E-state index contributed by atoms with van der Waals surface area (Å²) in [6.07, 6.45) is 3.92. The first-order chi connectivity index (χ1) is 11.3. The number of esters is 1. The third kappa shape index (κ3) is 4.90. The molecular weight excluding hydrogens is 290 g/mol. The zero-order valence-corrected chi connectivity index (χ0v) is 13.6. The van der Waals surface area contributed by atoms with E-state index in [4.69, 9.17) is 10.00 Å². The van der Waals surface area contributed by atoms with E-state index in [1.54, 1.807) is 6.92 Å². The van der Waals surface area contributed by atoms with Crippen LogP contribution in [0.4, 0.5) is 0 Å². The molecular formula is C18H24N3O2+. The molecule has 23 heavy (non-hydrogen) atoms. The minimum Gasteiger partial charge on any atom is -0.465 e. The minimum atomic E-state index is -0.917. The van der Waals surface area contributed by atoms with Crippen LogP contribution in [0.1, 0.15) is 31.4 Å². The molecule has 1 aliphatic rings. The van der Waals surface area contributed by atoms with Crippen molar-refractivity contribution in [1.82, 2.24) is 0 Å². The quantitative estimate of drug-likeness (QED) is 0.607. The molecule has 0 aliphatic carbocycles. The lowest BCUT2D eigenvalue weighted by atomic mass is 10.1. The van der Waals surface area contributed by atoms with Crippen LogP contribution in [-0.4, -0.2) is 38.4 Å². The molecule has 0 unspecified atom stereocenters. The van der Waals surface area contributed by atoms with Gasteiger partial charge in [0.25, 0.3) is 0 Å². The Hall–Kier alpha value is -2.19. The summed E-state index contributed by atoms with van der Waals surface area (Å²) < 4.78 is 4.88. The number of nitriles is 1. The number of likely N-dealkylation sites (tertiary alicyclic amines) is 1. The summed E-state index contributed by atoms with van der Waals surface area (Å²) in [6.45, 7) is 4.88. The second-order valence-corrected chi connectivity index (χ2v) is 5.70. The standard InChI is InChI=1S/C18H23N3O2/c1-2-23-18(22)16(12-19)13-20-14-17(21-10-6-7-11-21)15-8-4-3-5-9-15/h3-5,8-9,13,16-17H,2,6-7,10-11,14H2,1H3/p+1/t16-,17+/m0/s1. The molecule has 5 heteroatoms. The van der Waals surface area contributed by atoms with Crippen molar-refractivity contribution in [3.8, 4) is 6.07 Å². The Labute approximate surface area is 137 Å². The third-order valence-corrected chi connectivity index (χ3v) is 4.16. The van der Waals surface area contributed by atoms with Gasteiger partial charge in [-0.25, -0.2) is 0 Å². The molecule has 2 rings (SSSR count). The second kappa shape index (κ2) is 9.06. The Morgan fingerprint density at radius 1 is 1.39 bits per heavy atom. The van der Waals surface area contributed by atoms with Crippen molar-refractivity contribution in [2.75, 3.05) is 26.2 Å². The second-order valence-electron chi connectivity index (χ2n) is 5.70. The van der Waals surface area contributed by atoms with Crippen LogP contribution in [0.5, 0.6) is 0 Å². The van der Waals surface area contributed by atoms with E-state index in [0.717, 1.165) is 13.1 Å². The topological polar surface area (TPSA) is 66.9 Å². The molecule has 0 aromatic heterocycles. The smallest absolute Gasteiger partial charge is 0.328 e. The number of benzene rings is 1. The minimum absolute atomic E-state index is 0.273. The fourth-order valence-corrected chi connectivity index (χ4v) is 2.98. The first-order valence-electron chi connectivity index (χ1n) is 8.22. The highest BCUT2D eigenvalue weighted by Crippen LogP contribution is 2.11. The predicted octanol–water partition coefficient (Wildman–Crippen LogP) is 1.18. The van der Waals surface area contributed by atoms with Gasteiger partial charge in [0, 0.05) is 24.6 Å². The number of nitrogens with zero attached hydrogens (tertiary/aromatic N) is 2. The van der Waals surface area contributed by atoms with Gasteiger partial charge in [0.05, 0.1) is 32.3 Å². The lowest BCUT2D eigenvalue weighted by Crippen LogP contribution is -3.10. The van der Waals surface area contributed by atoms with Crippen LogP contribution in [-0.2, 0) is 9.53 Å². The molecule has 1 aliphatic heterocycles. The number of quaternary nitrogens is 1. The van der Waals surface area contributed by atoms with E-state index in [0.29, 0.717) is 6.54 Å². The highest BCUT2D eigenvalue weighted by molar-refractivity contribution is 5.92.